The highest BCUT2D eigenvalue weighted by Gasteiger charge is 2.11. The molecule has 2 aromatic rings. The van der Waals surface area contributed by atoms with Gasteiger partial charge in [-0.05, 0) is 25.1 Å². The van der Waals surface area contributed by atoms with Gasteiger partial charge in [-0.1, -0.05) is 53.5 Å². The zero-order valence-corrected chi connectivity index (χ0v) is 13.2. The maximum absolute atomic E-state index is 11.9. The predicted octanol–water partition coefficient (Wildman–Crippen LogP) is 3.26. The molecule has 21 heavy (non-hydrogen) atoms. The summed E-state index contributed by atoms with van der Waals surface area (Å²) in [4.78, 5) is 11.9. The number of rotatable bonds is 5. The van der Waals surface area contributed by atoms with E-state index in [4.69, 9.17) is 23.2 Å². The molecule has 1 atom stereocenters. The van der Waals surface area contributed by atoms with Crippen molar-refractivity contribution >= 4 is 34.8 Å². The lowest BCUT2D eigenvalue weighted by atomic mass is 10.1. The van der Waals surface area contributed by atoms with E-state index in [-0.39, 0.29) is 11.9 Å². The fraction of sp³-hybridized carbons (Fsp3) is 0.188. The first-order valence-corrected chi connectivity index (χ1v) is 7.45. The standard InChI is InChI=1S/C16H16Cl2N2O/c1-11(12-5-3-2-4-6-12)19-10-16(21)20-13-7-8-14(17)15(18)9-13/h2-9,11,19H,10H2,1H3,(H,20,21)/p+1/t11-/m0/s1. The number of amides is 1. The number of nitrogens with one attached hydrogen (secondary N) is 1. The Kier molecular flexibility index (Phi) is 5.62. The third kappa shape index (κ3) is 4.74. The number of hydrogen-bond donors (Lipinski definition) is 2. The van der Waals surface area contributed by atoms with Crippen molar-refractivity contribution in [3.8, 4) is 0 Å². The average molecular weight is 324 g/mol. The molecule has 0 unspecified atom stereocenters. The van der Waals surface area contributed by atoms with E-state index in [1.165, 1.54) is 5.56 Å². The van der Waals surface area contributed by atoms with Crippen molar-refractivity contribution in [1.29, 1.82) is 0 Å². The maximum atomic E-state index is 11.9. The molecule has 0 fully saturated rings. The lowest BCUT2D eigenvalue weighted by Crippen LogP contribution is -2.86. The van der Waals surface area contributed by atoms with Crippen molar-refractivity contribution < 1.29 is 10.1 Å². The van der Waals surface area contributed by atoms with Gasteiger partial charge in [0.2, 0.25) is 0 Å². The SMILES string of the molecule is C[C@H]([NH2+]CC(=O)Nc1ccc(Cl)c(Cl)c1)c1ccccc1. The Balaban J connectivity index is 1.86. The molecular weight excluding hydrogens is 307 g/mol. The Morgan fingerprint density at radius 1 is 1.14 bits per heavy atom. The Morgan fingerprint density at radius 3 is 2.52 bits per heavy atom. The molecule has 0 aliphatic carbocycles. The molecule has 0 radical (unpaired) electrons. The second-order valence-electron chi connectivity index (χ2n) is 4.82. The lowest BCUT2D eigenvalue weighted by Gasteiger charge is -2.11. The monoisotopic (exact) mass is 323 g/mol. The zero-order valence-electron chi connectivity index (χ0n) is 11.6. The van der Waals surface area contributed by atoms with Crippen LogP contribution in [0.15, 0.2) is 48.5 Å². The summed E-state index contributed by atoms with van der Waals surface area (Å²) in [5.74, 6) is -0.0730. The minimum atomic E-state index is -0.0730. The Hall–Kier alpha value is -1.55. The number of benzene rings is 2. The summed E-state index contributed by atoms with van der Waals surface area (Å²) < 4.78 is 0. The van der Waals surface area contributed by atoms with E-state index in [1.54, 1.807) is 18.2 Å². The number of quaternary nitrogens is 1. The minimum absolute atomic E-state index is 0.0730. The minimum Gasteiger partial charge on any atom is -0.333 e. The van der Waals surface area contributed by atoms with E-state index in [1.807, 2.05) is 23.5 Å². The lowest BCUT2D eigenvalue weighted by molar-refractivity contribution is -0.682. The predicted molar refractivity (Wildman–Crippen MR) is 86.7 cm³/mol. The molecular formula is C16H17Cl2N2O+. The molecule has 0 saturated carbocycles. The van der Waals surface area contributed by atoms with Crippen molar-refractivity contribution in [2.45, 2.75) is 13.0 Å². The van der Waals surface area contributed by atoms with Crippen LogP contribution in [0.4, 0.5) is 5.69 Å². The quantitative estimate of drug-likeness (QED) is 0.871. The third-order valence-corrected chi connectivity index (χ3v) is 3.92. The summed E-state index contributed by atoms with van der Waals surface area (Å²) in [6.07, 6.45) is 0. The number of anilines is 1. The third-order valence-electron chi connectivity index (χ3n) is 3.19. The van der Waals surface area contributed by atoms with Crippen LogP contribution in [0.5, 0.6) is 0 Å². The molecule has 5 heteroatoms. The number of carbonyl (C=O) groups is 1. The van der Waals surface area contributed by atoms with Crippen LogP contribution >= 0.6 is 23.2 Å². The summed E-state index contributed by atoms with van der Waals surface area (Å²) in [6, 6.07) is 15.3. The molecule has 2 aromatic carbocycles. The van der Waals surface area contributed by atoms with Crippen molar-refractivity contribution in [3.05, 3.63) is 64.1 Å². The van der Waals surface area contributed by atoms with Gasteiger partial charge >= 0.3 is 0 Å². The van der Waals surface area contributed by atoms with Crippen molar-refractivity contribution in [2.75, 3.05) is 11.9 Å². The smallest absolute Gasteiger partial charge is 0.279 e. The highest BCUT2D eigenvalue weighted by molar-refractivity contribution is 6.42. The van der Waals surface area contributed by atoms with Gasteiger partial charge in [-0.25, -0.2) is 0 Å². The van der Waals surface area contributed by atoms with Crippen LogP contribution < -0.4 is 10.6 Å². The second kappa shape index (κ2) is 7.46. The summed E-state index contributed by atoms with van der Waals surface area (Å²) >= 11 is 11.8. The maximum Gasteiger partial charge on any atom is 0.279 e. The molecule has 0 aliphatic rings. The van der Waals surface area contributed by atoms with E-state index in [9.17, 15) is 4.79 Å². The summed E-state index contributed by atoms with van der Waals surface area (Å²) in [6.45, 7) is 2.41. The van der Waals surface area contributed by atoms with Crippen LogP contribution in [0.1, 0.15) is 18.5 Å². The van der Waals surface area contributed by atoms with Gasteiger partial charge in [0.15, 0.2) is 6.54 Å². The number of halogens is 2. The Labute approximate surface area is 134 Å². The largest absolute Gasteiger partial charge is 0.333 e. The fourth-order valence-electron chi connectivity index (χ4n) is 1.96. The first kappa shape index (κ1) is 15.8. The van der Waals surface area contributed by atoms with Gasteiger partial charge in [0, 0.05) is 11.3 Å². The molecule has 0 heterocycles. The molecule has 3 nitrogen and oxygen atoms in total. The Morgan fingerprint density at radius 2 is 1.86 bits per heavy atom. The molecule has 110 valence electrons. The van der Waals surface area contributed by atoms with Gasteiger partial charge in [-0.15, -0.1) is 0 Å². The topological polar surface area (TPSA) is 45.7 Å². The van der Waals surface area contributed by atoms with Crippen molar-refractivity contribution in [2.24, 2.45) is 0 Å². The van der Waals surface area contributed by atoms with Crippen LogP contribution in [-0.4, -0.2) is 12.5 Å². The van der Waals surface area contributed by atoms with Gasteiger partial charge < -0.3 is 10.6 Å². The molecule has 0 aromatic heterocycles. The van der Waals surface area contributed by atoms with E-state index < -0.39 is 0 Å². The molecule has 0 saturated heterocycles. The molecule has 2 rings (SSSR count). The summed E-state index contributed by atoms with van der Waals surface area (Å²) in [7, 11) is 0. The van der Waals surface area contributed by atoms with Gasteiger partial charge in [-0.2, -0.15) is 0 Å². The number of carbonyl (C=O) groups excluding carboxylic acids is 1. The van der Waals surface area contributed by atoms with Gasteiger partial charge in [0.1, 0.15) is 6.04 Å². The summed E-state index contributed by atoms with van der Waals surface area (Å²) in [5.41, 5.74) is 1.84. The van der Waals surface area contributed by atoms with E-state index in [0.29, 0.717) is 22.3 Å². The fourth-order valence-corrected chi connectivity index (χ4v) is 2.26. The van der Waals surface area contributed by atoms with E-state index in [2.05, 4.69) is 24.4 Å². The number of nitrogens with two attached hydrogens (primary N) is 1. The van der Waals surface area contributed by atoms with Gasteiger partial charge in [0.25, 0.3) is 5.91 Å². The average Bonchev–Trinajstić information content (AvgIpc) is 2.49. The normalized spacial score (nSPS) is 12.0. The van der Waals surface area contributed by atoms with Crippen LogP contribution in [-0.2, 0) is 4.79 Å². The number of hydrogen-bond acceptors (Lipinski definition) is 1. The molecule has 3 N–H and O–H groups in total. The van der Waals surface area contributed by atoms with E-state index in [0.717, 1.165) is 0 Å². The van der Waals surface area contributed by atoms with Crippen molar-refractivity contribution in [1.82, 2.24) is 0 Å². The van der Waals surface area contributed by atoms with Crippen LogP contribution in [0.25, 0.3) is 0 Å². The highest BCUT2D eigenvalue weighted by Crippen LogP contribution is 2.24. The van der Waals surface area contributed by atoms with Gasteiger partial charge in [-0.3, -0.25) is 4.79 Å². The molecule has 0 bridgehead atoms. The molecule has 1 amide bonds. The summed E-state index contributed by atoms with van der Waals surface area (Å²) in [5, 5.41) is 5.69. The first-order valence-electron chi connectivity index (χ1n) is 6.69. The molecule has 0 spiro atoms. The van der Waals surface area contributed by atoms with Crippen molar-refractivity contribution in [3.63, 3.8) is 0 Å². The van der Waals surface area contributed by atoms with Crippen LogP contribution in [0.3, 0.4) is 0 Å². The molecule has 0 aliphatic heterocycles. The highest BCUT2D eigenvalue weighted by atomic mass is 35.5. The zero-order chi connectivity index (χ0) is 15.2. The first-order chi connectivity index (χ1) is 10.1. The van der Waals surface area contributed by atoms with Crippen LogP contribution in [0, 0.1) is 0 Å². The second-order valence-corrected chi connectivity index (χ2v) is 5.63. The van der Waals surface area contributed by atoms with Gasteiger partial charge in [0.05, 0.1) is 10.0 Å². The van der Waals surface area contributed by atoms with Crippen LogP contribution in [0.2, 0.25) is 10.0 Å². The van der Waals surface area contributed by atoms with E-state index >= 15 is 0 Å². The Bertz CT molecular complexity index is 617.